The van der Waals surface area contributed by atoms with Gasteiger partial charge in [-0.25, -0.2) is 0 Å². The number of benzene rings is 2. The van der Waals surface area contributed by atoms with E-state index in [0.29, 0.717) is 5.75 Å². The van der Waals surface area contributed by atoms with Gasteiger partial charge in [0.2, 0.25) is 5.91 Å². The van der Waals surface area contributed by atoms with Gasteiger partial charge in [0, 0.05) is 6.54 Å². The van der Waals surface area contributed by atoms with Gasteiger partial charge in [-0.1, -0.05) is 30.3 Å². The number of carboxylic acid groups (broad SMARTS) is 1. The van der Waals surface area contributed by atoms with E-state index in [9.17, 15) is 14.7 Å². The number of rotatable bonds is 9. The monoisotopic (exact) mass is 371 g/mol. The molecule has 6 heteroatoms. The first-order valence-electron chi connectivity index (χ1n) is 8.69. The molecule has 0 unspecified atom stereocenters. The molecule has 6 nitrogen and oxygen atoms in total. The Morgan fingerprint density at radius 2 is 1.78 bits per heavy atom. The molecular weight excluding hydrogens is 346 g/mol. The molecule has 144 valence electrons. The quantitative estimate of drug-likeness (QED) is 0.708. The van der Waals surface area contributed by atoms with Crippen molar-refractivity contribution in [3.8, 4) is 11.5 Å². The average Bonchev–Trinajstić information content (AvgIpc) is 2.66. The number of para-hydroxylation sites is 1. The molecule has 2 aromatic rings. The predicted octanol–water partition coefficient (Wildman–Crippen LogP) is 2.61. The lowest BCUT2D eigenvalue weighted by Crippen LogP contribution is -2.35. The van der Waals surface area contributed by atoms with Crippen LogP contribution in [0.3, 0.4) is 0 Å². The third-order valence-corrected chi connectivity index (χ3v) is 4.39. The number of carbonyl (C=O) groups is 2. The second-order valence-electron chi connectivity index (χ2n) is 6.34. The second-order valence-corrected chi connectivity index (χ2v) is 6.34. The van der Waals surface area contributed by atoms with Crippen LogP contribution in [0.4, 0.5) is 0 Å². The molecule has 0 radical (unpaired) electrons. The van der Waals surface area contributed by atoms with E-state index in [-0.39, 0.29) is 25.3 Å². The molecular formula is C21H25NO5. The van der Waals surface area contributed by atoms with Crippen molar-refractivity contribution in [3.05, 3.63) is 59.2 Å². The molecule has 2 N–H and O–H groups in total. The normalized spacial score (nSPS) is 11.5. The SMILES string of the molecule is COc1cc(CC(=O)NC[C@@H](Cc2ccccc2OC)C(=O)O)ccc1C. The van der Waals surface area contributed by atoms with Crippen molar-refractivity contribution in [2.75, 3.05) is 20.8 Å². The standard InChI is InChI=1S/C21H25NO5/c1-14-8-9-15(10-19(14)27-3)11-20(23)22-13-17(21(24)25)12-16-6-4-5-7-18(16)26-2/h4-10,17H,11-13H2,1-3H3,(H,22,23)(H,24,25)/t17-/m1/s1. The minimum absolute atomic E-state index is 0.0508. The van der Waals surface area contributed by atoms with E-state index in [1.54, 1.807) is 20.3 Å². The van der Waals surface area contributed by atoms with Gasteiger partial charge in [0.05, 0.1) is 26.6 Å². The molecule has 2 aromatic carbocycles. The van der Waals surface area contributed by atoms with Crippen LogP contribution in [0.25, 0.3) is 0 Å². The molecule has 0 saturated carbocycles. The number of nitrogens with one attached hydrogen (secondary N) is 1. The van der Waals surface area contributed by atoms with Crippen LogP contribution in [-0.2, 0) is 22.4 Å². The zero-order valence-corrected chi connectivity index (χ0v) is 15.8. The van der Waals surface area contributed by atoms with Crippen molar-refractivity contribution >= 4 is 11.9 Å². The van der Waals surface area contributed by atoms with E-state index >= 15 is 0 Å². The highest BCUT2D eigenvalue weighted by Crippen LogP contribution is 2.21. The highest BCUT2D eigenvalue weighted by atomic mass is 16.5. The summed E-state index contributed by atoms with van der Waals surface area (Å²) in [7, 11) is 3.13. The van der Waals surface area contributed by atoms with Crippen molar-refractivity contribution in [1.29, 1.82) is 0 Å². The van der Waals surface area contributed by atoms with E-state index in [4.69, 9.17) is 9.47 Å². The molecule has 0 aliphatic heterocycles. The molecule has 0 saturated heterocycles. The lowest BCUT2D eigenvalue weighted by atomic mass is 9.98. The van der Waals surface area contributed by atoms with Gasteiger partial charge in [0.25, 0.3) is 0 Å². The van der Waals surface area contributed by atoms with Crippen molar-refractivity contribution in [2.24, 2.45) is 5.92 Å². The molecule has 0 aliphatic rings. The maximum Gasteiger partial charge on any atom is 0.308 e. The van der Waals surface area contributed by atoms with Crippen LogP contribution in [-0.4, -0.2) is 37.7 Å². The highest BCUT2D eigenvalue weighted by Gasteiger charge is 2.20. The fourth-order valence-corrected chi connectivity index (χ4v) is 2.84. The topological polar surface area (TPSA) is 84.9 Å². The van der Waals surface area contributed by atoms with Crippen LogP contribution < -0.4 is 14.8 Å². The number of amides is 1. The Balaban J connectivity index is 1.97. The molecule has 0 aromatic heterocycles. The van der Waals surface area contributed by atoms with Crippen LogP contribution >= 0.6 is 0 Å². The number of aliphatic carboxylic acids is 1. The third-order valence-electron chi connectivity index (χ3n) is 4.39. The minimum atomic E-state index is -0.960. The van der Waals surface area contributed by atoms with E-state index in [2.05, 4.69) is 5.32 Å². The lowest BCUT2D eigenvalue weighted by Gasteiger charge is -2.15. The molecule has 1 atom stereocenters. The average molecular weight is 371 g/mol. The molecule has 1 amide bonds. The Labute approximate surface area is 159 Å². The van der Waals surface area contributed by atoms with Gasteiger partial charge in [-0.2, -0.15) is 0 Å². The summed E-state index contributed by atoms with van der Waals surface area (Å²) in [4.78, 5) is 23.8. The number of hydrogen-bond acceptors (Lipinski definition) is 4. The molecule has 0 aliphatic carbocycles. The summed E-state index contributed by atoms with van der Waals surface area (Å²) in [5.74, 6) is -0.565. The maximum absolute atomic E-state index is 12.2. The van der Waals surface area contributed by atoms with Crippen molar-refractivity contribution in [1.82, 2.24) is 5.32 Å². The number of carboxylic acids is 1. The Morgan fingerprint density at radius 1 is 1.07 bits per heavy atom. The largest absolute Gasteiger partial charge is 0.496 e. The molecule has 0 bridgehead atoms. The van der Waals surface area contributed by atoms with Gasteiger partial charge in [0.15, 0.2) is 0 Å². The minimum Gasteiger partial charge on any atom is -0.496 e. The number of hydrogen-bond donors (Lipinski definition) is 2. The van der Waals surface area contributed by atoms with Crippen LogP contribution in [0, 0.1) is 12.8 Å². The van der Waals surface area contributed by atoms with Gasteiger partial charge in [0.1, 0.15) is 11.5 Å². The Kier molecular flexibility index (Phi) is 7.23. The fourth-order valence-electron chi connectivity index (χ4n) is 2.84. The van der Waals surface area contributed by atoms with Gasteiger partial charge in [-0.05, 0) is 42.2 Å². The molecule has 0 spiro atoms. The summed E-state index contributed by atoms with van der Waals surface area (Å²) in [6.45, 7) is 1.98. The first-order chi connectivity index (χ1) is 12.9. The Morgan fingerprint density at radius 3 is 2.44 bits per heavy atom. The fraction of sp³-hybridized carbons (Fsp3) is 0.333. The van der Waals surface area contributed by atoms with Gasteiger partial charge >= 0.3 is 5.97 Å². The van der Waals surface area contributed by atoms with E-state index in [1.165, 1.54) is 0 Å². The van der Waals surface area contributed by atoms with E-state index in [0.717, 1.165) is 22.4 Å². The smallest absolute Gasteiger partial charge is 0.308 e. The third kappa shape index (κ3) is 5.74. The summed E-state index contributed by atoms with van der Waals surface area (Å²) < 4.78 is 10.5. The van der Waals surface area contributed by atoms with Crippen LogP contribution in [0.2, 0.25) is 0 Å². The lowest BCUT2D eigenvalue weighted by molar-refractivity contribution is -0.141. The summed E-state index contributed by atoms with van der Waals surface area (Å²) in [6.07, 6.45) is 0.440. The molecule has 0 heterocycles. The zero-order valence-electron chi connectivity index (χ0n) is 15.8. The summed E-state index contributed by atoms with van der Waals surface area (Å²) in [5.41, 5.74) is 2.60. The Bertz CT molecular complexity index is 803. The van der Waals surface area contributed by atoms with Crippen molar-refractivity contribution in [2.45, 2.75) is 19.8 Å². The maximum atomic E-state index is 12.2. The number of methoxy groups -OCH3 is 2. The number of ether oxygens (including phenoxy) is 2. The summed E-state index contributed by atoms with van der Waals surface area (Å²) >= 11 is 0. The molecule has 2 rings (SSSR count). The van der Waals surface area contributed by atoms with E-state index < -0.39 is 11.9 Å². The van der Waals surface area contributed by atoms with Gasteiger partial charge < -0.3 is 19.9 Å². The van der Waals surface area contributed by atoms with Gasteiger partial charge in [-0.3, -0.25) is 9.59 Å². The van der Waals surface area contributed by atoms with Gasteiger partial charge in [-0.15, -0.1) is 0 Å². The summed E-state index contributed by atoms with van der Waals surface area (Å²) in [6, 6.07) is 12.9. The summed E-state index contributed by atoms with van der Waals surface area (Å²) in [5, 5.41) is 12.2. The second kappa shape index (κ2) is 9.62. The zero-order chi connectivity index (χ0) is 19.8. The van der Waals surface area contributed by atoms with Crippen molar-refractivity contribution in [3.63, 3.8) is 0 Å². The highest BCUT2D eigenvalue weighted by molar-refractivity contribution is 5.79. The Hall–Kier alpha value is -3.02. The first-order valence-corrected chi connectivity index (χ1v) is 8.69. The van der Waals surface area contributed by atoms with Crippen molar-refractivity contribution < 1.29 is 24.2 Å². The number of aryl methyl sites for hydroxylation is 1. The van der Waals surface area contributed by atoms with Crippen LogP contribution in [0.1, 0.15) is 16.7 Å². The molecule has 27 heavy (non-hydrogen) atoms. The van der Waals surface area contributed by atoms with Crippen LogP contribution in [0.5, 0.6) is 11.5 Å². The van der Waals surface area contributed by atoms with Crippen LogP contribution in [0.15, 0.2) is 42.5 Å². The van der Waals surface area contributed by atoms with E-state index in [1.807, 2.05) is 43.3 Å². The number of carbonyl (C=O) groups excluding carboxylic acids is 1. The molecule has 0 fully saturated rings. The first kappa shape index (κ1) is 20.3. The predicted molar refractivity (Wildman–Crippen MR) is 102 cm³/mol.